The molecule has 0 amide bonds. The molecule has 106 valence electrons. The molecule has 0 radical (unpaired) electrons. The number of nitrogens with two attached hydrogens (primary N) is 1. The van der Waals surface area contributed by atoms with Gasteiger partial charge in [-0.05, 0) is 37.5 Å². The summed E-state index contributed by atoms with van der Waals surface area (Å²) in [5, 5.41) is 18.8. The molecule has 0 saturated carbocycles. The number of hydrogen-bond acceptors (Lipinski definition) is 5. The summed E-state index contributed by atoms with van der Waals surface area (Å²) in [5.41, 5.74) is 5.55. The van der Waals surface area contributed by atoms with Gasteiger partial charge in [-0.1, -0.05) is 0 Å². The van der Waals surface area contributed by atoms with Crippen molar-refractivity contribution in [2.75, 3.05) is 18.8 Å². The molecule has 19 heavy (non-hydrogen) atoms. The van der Waals surface area contributed by atoms with Crippen molar-refractivity contribution in [1.29, 1.82) is 0 Å². The number of aliphatic hydroxyl groups excluding tert-OH is 1. The molecule has 2 rings (SSSR count). The first-order valence-electron chi connectivity index (χ1n) is 6.09. The van der Waals surface area contributed by atoms with Crippen molar-refractivity contribution in [3.05, 3.63) is 18.2 Å². The molecule has 2 atom stereocenters. The van der Waals surface area contributed by atoms with E-state index in [1.54, 1.807) is 6.92 Å². The van der Waals surface area contributed by atoms with Crippen molar-refractivity contribution in [1.82, 2.24) is 4.31 Å². The lowest BCUT2D eigenvalue weighted by molar-refractivity contribution is 0.133. The quantitative estimate of drug-likeness (QED) is 0.550. The number of aliphatic hydroxyl groups is 1. The Labute approximate surface area is 112 Å². The third-order valence-electron chi connectivity index (χ3n) is 3.51. The highest BCUT2D eigenvalue weighted by Gasteiger charge is 2.34. The minimum absolute atomic E-state index is 0.0346. The van der Waals surface area contributed by atoms with Gasteiger partial charge in [0.15, 0.2) is 0 Å². The number of rotatable bonds is 3. The van der Waals surface area contributed by atoms with E-state index in [9.17, 15) is 18.6 Å². The third-order valence-corrected chi connectivity index (χ3v) is 5.37. The van der Waals surface area contributed by atoms with Crippen molar-refractivity contribution >= 4 is 15.7 Å². The molecular formula is C12H18N2O4S. The lowest BCUT2D eigenvalue weighted by atomic mass is 10.0. The zero-order valence-corrected chi connectivity index (χ0v) is 11.5. The molecule has 7 heteroatoms. The topological polar surface area (TPSA) is 104 Å². The third kappa shape index (κ3) is 2.68. The zero-order chi connectivity index (χ0) is 14.2. The molecule has 4 N–H and O–H groups in total. The van der Waals surface area contributed by atoms with Crippen LogP contribution in [0.25, 0.3) is 0 Å². The standard InChI is InChI=1S/C12H18N2O4S/c1-8(15)9-4-5-14(7-9)19(17,18)10-2-3-12(16)11(13)6-10/h2-3,6,8-9,15-16H,4-5,7,13H2,1H3. The number of aromatic hydroxyl groups is 1. The van der Waals surface area contributed by atoms with E-state index >= 15 is 0 Å². The zero-order valence-electron chi connectivity index (χ0n) is 10.7. The average molecular weight is 286 g/mol. The van der Waals surface area contributed by atoms with E-state index in [0.717, 1.165) is 0 Å². The molecule has 1 saturated heterocycles. The predicted octanol–water partition coefficient (Wildman–Crippen LogP) is 0.366. The van der Waals surface area contributed by atoms with Crippen LogP contribution in [-0.2, 0) is 10.0 Å². The second kappa shape index (κ2) is 4.99. The van der Waals surface area contributed by atoms with Crippen LogP contribution in [0.1, 0.15) is 13.3 Å². The molecule has 0 spiro atoms. The highest BCUT2D eigenvalue weighted by molar-refractivity contribution is 7.89. The van der Waals surface area contributed by atoms with Gasteiger partial charge in [-0.25, -0.2) is 8.42 Å². The summed E-state index contributed by atoms with van der Waals surface area (Å²) in [4.78, 5) is 0.0639. The molecule has 1 aromatic rings. The first-order chi connectivity index (χ1) is 8.82. The van der Waals surface area contributed by atoms with Crippen LogP contribution < -0.4 is 5.73 Å². The fourth-order valence-corrected chi connectivity index (χ4v) is 3.76. The van der Waals surface area contributed by atoms with Gasteiger partial charge in [0.25, 0.3) is 0 Å². The van der Waals surface area contributed by atoms with Gasteiger partial charge in [0.05, 0.1) is 16.7 Å². The van der Waals surface area contributed by atoms with Gasteiger partial charge in [-0.3, -0.25) is 0 Å². The van der Waals surface area contributed by atoms with E-state index < -0.39 is 16.1 Å². The van der Waals surface area contributed by atoms with Gasteiger partial charge in [-0.15, -0.1) is 0 Å². The highest BCUT2D eigenvalue weighted by Crippen LogP contribution is 2.29. The first-order valence-corrected chi connectivity index (χ1v) is 7.53. The number of phenols is 1. The van der Waals surface area contributed by atoms with Crippen LogP contribution in [0.3, 0.4) is 0 Å². The smallest absolute Gasteiger partial charge is 0.243 e. The number of hydrogen-bond donors (Lipinski definition) is 3. The number of phenolic OH excluding ortho intramolecular Hbond substituents is 1. The molecule has 0 bridgehead atoms. The molecule has 6 nitrogen and oxygen atoms in total. The SMILES string of the molecule is CC(O)C1CCN(S(=O)(=O)c2ccc(O)c(N)c2)C1. The van der Waals surface area contributed by atoms with Crippen molar-refractivity contribution in [2.45, 2.75) is 24.3 Å². The summed E-state index contributed by atoms with van der Waals surface area (Å²) in [5.74, 6) is -0.175. The van der Waals surface area contributed by atoms with Crippen LogP contribution in [0.4, 0.5) is 5.69 Å². The Morgan fingerprint density at radius 1 is 1.47 bits per heavy atom. The van der Waals surface area contributed by atoms with Crippen molar-refractivity contribution in [3.63, 3.8) is 0 Å². The predicted molar refractivity (Wildman–Crippen MR) is 71.1 cm³/mol. The second-order valence-electron chi connectivity index (χ2n) is 4.87. The minimum Gasteiger partial charge on any atom is -0.506 e. The Morgan fingerprint density at radius 3 is 2.68 bits per heavy atom. The van der Waals surface area contributed by atoms with E-state index in [0.29, 0.717) is 19.5 Å². The Morgan fingerprint density at radius 2 is 2.16 bits per heavy atom. The van der Waals surface area contributed by atoms with Gasteiger partial charge in [0, 0.05) is 13.1 Å². The summed E-state index contributed by atoms with van der Waals surface area (Å²) in [6.07, 6.45) is 0.120. The molecule has 1 aromatic carbocycles. The molecular weight excluding hydrogens is 268 g/mol. The molecule has 1 heterocycles. The molecule has 1 aliphatic rings. The van der Waals surface area contributed by atoms with Crippen molar-refractivity contribution in [3.8, 4) is 5.75 Å². The highest BCUT2D eigenvalue weighted by atomic mass is 32.2. The molecule has 1 aliphatic heterocycles. The van der Waals surface area contributed by atoms with E-state index in [4.69, 9.17) is 5.73 Å². The molecule has 0 aromatic heterocycles. The minimum atomic E-state index is -3.61. The van der Waals surface area contributed by atoms with Gasteiger partial charge in [0.1, 0.15) is 5.75 Å². The van der Waals surface area contributed by atoms with E-state index in [1.165, 1.54) is 22.5 Å². The number of benzene rings is 1. The monoisotopic (exact) mass is 286 g/mol. The Balaban J connectivity index is 2.26. The van der Waals surface area contributed by atoms with Crippen LogP contribution in [0.5, 0.6) is 5.75 Å². The lowest BCUT2D eigenvalue weighted by Gasteiger charge is -2.18. The number of anilines is 1. The first kappa shape index (κ1) is 14.1. The maximum absolute atomic E-state index is 12.4. The Hall–Kier alpha value is -1.31. The van der Waals surface area contributed by atoms with Gasteiger partial charge < -0.3 is 15.9 Å². The molecule has 2 unspecified atom stereocenters. The number of sulfonamides is 1. The van der Waals surface area contributed by atoms with Crippen LogP contribution >= 0.6 is 0 Å². The van der Waals surface area contributed by atoms with Crippen LogP contribution in [0.15, 0.2) is 23.1 Å². The number of nitrogen functional groups attached to an aromatic ring is 1. The van der Waals surface area contributed by atoms with Crippen molar-refractivity contribution in [2.24, 2.45) is 5.92 Å². The lowest BCUT2D eigenvalue weighted by Crippen LogP contribution is -2.30. The van der Waals surface area contributed by atoms with E-state index in [1.807, 2.05) is 0 Å². The maximum atomic E-state index is 12.4. The fourth-order valence-electron chi connectivity index (χ4n) is 2.21. The molecule has 1 fully saturated rings. The van der Waals surface area contributed by atoms with E-state index in [-0.39, 0.29) is 22.3 Å². The Bertz CT molecular complexity index is 571. The van der Waals surface area contributed by atoms with Crippen LogP contribution in [0, 0.1) is 5.92 Å². The van der Waals surface area contributed by atoms with Crippen LogP contribution in [0.2, 0.25) is 0 Å². The summed E-state index contributed by atoms with van der Waals surface area (Å²) < 4.78 is 26.1. The average Bonchev–Trinajstić information content (AvgIpc) is 2.82. The van der Waals surface area contributed by atoms with E-state index in [2.05, 4.69) is 0 Å². The normalized spacial score (nSPS) is 22.5. The maximum Gasteiger partial charge on any atom is 0.243 e. The fraction of sp³-hybridized carbons (Fsp3) is 0.500. The number of nitrogens with zero attached hydrogens (tertiary/aromatic N) is 1. The summed E-state index contributed by atoms with van der Waals surface area (Å²) in [7, 11) is -3.61. The largest absolute Gasteiger partial charge is 0.506 e. The Kier molecular flexibility index (Phi) is 3.71. The summed E-state index contributed by atoms with van der Waals surface area (Å²) in [6.45, 7) is 2.36. The van der Waals surface area contributed by atoms with Gasteiger partial charge >= 0.3 is 0 Å². The molecule has 0 aliphatic carbocycles. The summed E-state index contributed by atoms with van der Waals surface area (Å²) >= 11 is 0. The van der Waals surface area contributed by atoms with Crippen LogP contribution in [-0.4, -0.2) is 42.1 Å². The van der Waals surface area contributed by atoms with Gasteiger partial charge in [0.2, 0.25) is 10.0 Å². The van der Waals surface area contributed by atoms with Gasteiger partial charge in [-0.2, -0.15) is 4.31 Å². The van der Waals surface area contributed by atoms with Crippen molar-refractivity contribution < 1.29 is 18.6 Å². The summed E-state index contributed by atoms with van der Waals surface area (Å²) in [6, 6.07) is 3.85. The second-order valence-corrected chi connectivity index (χ2v) is 6.81.